The van der Waals surface area contributed by atoms with Crippen molar-refractivity contribution in [1.82, 2.24) is 10.2 Å². The quantitative estimate of drug-likeness (QED) is 0.514. The lowest BCUT2D eigenvalue weighted by Crippen LogP contribution is -2.34. The van der Waals surface area contributed by atoms with E-state index in [1.54, 1.807) is 24.3 Å². The molecule has 3 aromatic rings. The topological polar surface area (TPSA) is 97.3 Å². The molecule has 1 unspecified atom stereocenters. The molecule has 0 aromatic heterocycles. The van der Waals surface area contributed by atoms with Crippen molar-refractivity contribution in [3.05, 3.63) is 94.5 Å². The summed E-state index contributed by atoms with van der Waals surface area (Å²) in [6.45, 7) is 2.46. The molecule has 0 aliphatic carbocycles. The molecule has 1 atom stereocenters. The second kappa shape index (κ2) is 10.00. The summed E-state index contributed by atoms with van der Waals surface area (Å²) in [4.78, 5) is 27.6. The zero-order valence-corrected chi connectivity index (χ0v) is 19.4. The average molecular weight is 466 g/mol. The lowest BCUT2D eigenvalue weighted by Gasteiger charge is -2.25. The summed E-state index contributed by atoms with van der Waals surface area (Å²) in [5, 5.41) is 18.3. The van der Waals surface area contributed by atoms with Crippen molar-refractivity contribution in [2.75, 3.05) is 23.7 Å². The van der Waals surface area contributed by atoms with Crippen LogP contribution in [-0.2, 0) is 13.0 Å². The maximum atomic E-state index is 12.9. The van der Waals surface area contributed by atoms with Crippen LogP contribution in [0.1, 0.15) is 51.5 Å². The lowest BCUT2D eigenvalue weighted by atomic mass is 10.00. The number of rotatable bonds is 4. The van der Waals surface area contributed by atoms with Crippen LogP contribution in [0, 0.1) is 11.3 Å². The number of nitrogens with zero attached hydrogens (tertiary/aromatic N) is 2. The first kappa shape index (κ1) is 22.6. The number of nitriles is 1. The van der Waals surface area contributed by atoms with Crippen LogP contribution in [-0.4, -0.2) is 29.9 Å². The zero-order valence-electron chi connectivity index (χ0n) is 19.4. The lowest BCUT2D eigenvalue weighted by molar-refractivity contribution is 0.102. The van der Waals surface area contributed by atoms with E-state index in [2.05, 4.69) is 28.1 Å². The van der Waals surface area contributed by atoms with Crippen molar-refractivity contribution in [2.45, 2.75) is 31.8 Å². The highest BCUT2D eigenvalue weighted by atomic mass is 16.2. The fraction of sp³-hybridized carbons (Fsp3) is 0.250. The summed E-state index contributed by atoms with van der Waals surface area (Å²) in [6, 6.07) is 22.3. The summed E-state index contributed by atoms with van der Waals surface area (Å²) in [5.41, 5.74) is 6.02. The van der Waals surface area contributed by atoms with Crippen molar-refractivity contribution in [3.8, 4) is 6.07 Å². The minimum atomic E-state index is -0.189. The molecule has 0 saturated carbocycles. The van der Waals surface area contributed by atoms with Crippen molar-refractivity contribution in [3.63, 3.8) is 0 Å². The van der Waals surface area contributed by atoms with E-state index in [0.29, 0.717) is 23.4 Å². The number of anilines is 2. The standard InChI is InChI=1S/C28H27N5O2/c29-17-19-3-1-4-24(15-19)32-28(35)33-14-2-5-26(33)21-6-8-22(9-7-21)27(34)31-25-11-10-20-12-13-30-18-23(20)16-25/h1,3-4,6-11,15-16,26,30H,2,5,12-14,18H2,(H,31,34)(H,32,35). The third-order valence-corrected chi connectivity index (χ3v) is 6.66. The summed E-state index contributed by atoms with van der Waals surface area (Å²) < 4.78 is 0. The molecule has 7 nitrogen and oxygen atoms in total. The molecular weight excluding hydrogens is 438 g/mol. The highest BCUT2D eigenvalue weighted by Crippen LogP contribution is 2.32. The van der Waals surface area contributed by atoms with Gasteiger partial charge in [-0.1, -0.05) is 24.3 Å². The number of amides is 3. The third kappa shape index (κ3) is 5.03. The fourth-order valence-corrected chi connectivity index (χ4v) is 4.84. The fourth-order valence-electron chi connectivity index (χ4n) is 4.84. The molecule has 0 bridgehead atoms. The molecule has 5 rings (SSSR count). The van der Waals surface area contributed by atoms with Gasteiger partial charge in [-0.2, -0.15) is 5.26 Å². The molecule has 3 amide bonds. The van der Waals surface area contributed by atoms with E-state index in [1.165, 1.54) is 11.1 Å². The maximum absolute atomic E-state index is 12.9. The summed E-state index contributed by atoms with van der Waals surface area (Å²) in [7, 11) is 0. The molecule has 0 spiro atoms. The Morgan fingerprint density at radius 2 is 1.80 bits per heavy atom. The molecule has 3 aromatic carbocycles. The largest absolute Gasteiger partial charge is 0.322 e. The van der Waals surface area contributed by atoms with Gasteiger partial charge >= 0.3 is 6.03 Å². The van der Waals surface area contributed by atoms with E-state index >= 15 is 0 Å². The van der Waals surface area contributed by atoms with Crippen LogP contribution in [0.3, 0.4) is 0 Å². The molecule has 0 radical (unpaired) electrons. The van der Waals surface area contributed by atoms with Crippen LogP contribution in [0.2, 0.25) is 0 Å². The molecule has 1 fully saturated rings. The molecule has 1 saturated heterocycles. The Hall–Kier alpha value is -4.15. The van der Waals surface area contributed by atoms with Gasteiger partial charge in [-0.25, -0.2) is 4.79 Å². The number of nitrogens with one attached hydrogen (secondary N) is 3. The highest BCUT2D eigenvalue weighted by molar-refractivity contribution is 6.04. The van der Waals surface area contributed by atoms with Crippen molar-refractivity contribution in [1.29, 1.82) is 5.26 Å². The Morgan fingerprint density at radius 3 is 2.63 bits per heavy atom. The second-order valence-electron chi connectivity index (χ2n) is 8.96. The number of carbonyl (C=O) groups excluding carboxylic acids is 2. The van der Waals surface area contributed by atoms with Gasteiger partial charge in [0.15, 0.2) is 0 Å². The number of benzene rings is 3. The summed E-state index contributed by atoms with van der Waals surface area (Å²) >= 11 is 0. The van der Waals surface area contributed by atoms with Gasteiger partial charge in [-0.15, -0.1) is 0 Å². The first-order valence-electron chi connectivity index (χ1n) is 11.9. The van der Waals surface area contributed by atoms with Gasteiger partial charge in [0.05, 0.1) is 17.7 Å². The molecule has 7 heteroatoms. The van der Waals surface area contributed by atoms with Gasteiger partial charge < -0.3 is 20.9 Å². The Bertz CT molecular complexity index is 1300. The number of hydrogen-bond acceptors (Lipinski definition) is 4. The summed E-state index contributed by atoms with van der Waals surface area (Å²) in [6.07, 6.45) is 2.78. The molecule has 2 heterocycles. The van der Waals surface area contributed by atoms with Crippen molar-refractivity contribution >= 4 is 23.3 Å². The van der Waals surface area contributed by atoms with Gasteiger partial charge in [0.25, 0.3) is 5.91 Å². The number of urea groups is 1. The SMILES string of the molecule is N#Cc1cccc(NC(=O)N2CCCC2c2ccc(C(=O)Nc3ccc4c(c3)CNCC4)cc2)c1. The van der Waals surface area contributed by atoms with E-state index < -0.39 is 0 Å². The van der Waals surface area contributed by atoms with Gasteiger partial charge in [0.2, 0.25) is 0 Å². The van der Waals surface area contributed by atoms with Crippen LogP contribution in [0.15, 0.2) is 66.7 Å². The zero-order chi connectivity index (χ0) is 24.2. The maximum Gasteiger partial charge on any atom is 0.322 e. The van der Waals surface area contributed by atoms with Crippen LogP contribution in [0.25, 0.3) is 0 Å². The molecule has 3 N–H and O–H groups in total. The smallest absolute Gasteiger partial charge is 0.322 e. The van der Waals surface area contributed by atoms with Gasteiger partial charge in [-0.05, 0) is 85.0 Å². The first-order chi connectivity index (χ1) is 17.1. The van der Waals surface area contributed by atoms with Crippen LogP contribution >= 0.6 is 0 Å². The predicted molar refractivity (Wildman–Crippen MR) is 135 cm³/mol. The molecule has 35 heavy (non-hydrogen) atoms. The van der Waals surface area contributed by atoms with Crippen LogP contribution in [0.4, 0.5) is 16.2 Å². The van der Waals surface area contributed by atoms with Crippen LogP contribution in [0.5, 0.6) is 0 Å². The number of carbonyl (C=O) groups is 2. The Labute approximate surface area is 204 Å². The third-order valence-electron chi connectivity index (χ3n) is 6.66. The highest BCUT2D eigenvalue weighted by Gasteiger charge is 2.30. The average Bonchev–Trinajstić information content (AvgIpc) is 3.39. The van der Waals surface area contributed by atoms with E-state index in [4.69, 9.17) is 5.26 Å². The first-order valence-corrected chi connectivity index (χ1v) is 11.9. The van der Waals surface area contributed by atoms with Crippen molar-refractivity contribution < 1.29 is 9.59 Å². The minimum Gasteiger partial charge on any atom is -0.322 e. The predicted octanol–water partition coefficient (Wildman–Crippen LogP) is 4.83. The van der Waals surface area contributed by atoms with Gasteiger partial charge in [0.1, 0.15) is 0 Å². The monoisotopic (exact) mass is 465 g/mol. The van der Waals surface area contributed by atoms with Crippen LogP contribution < -0.4 is 16.0 Å². The van der Waals surface area contributed by atoms with Crippen molar-refractivity contribution in [2.24, 2.45) is 0 Å². The minimum absolute atomic E-state index is 0.0561. The molecular formula is C28H27N5O2. The molecule has 2 aliphatic rings. The Morgan fingerprint density at radius 1 is 0.971 bits per heavy atom. The second-order valence-corrected chi connectivity index (χ2v) is 8.96. The summed E-state index contributed by atoms with van der Waals surface area (Å²) in [5.74, 6) is -0.154. The number of fused-ring (bicyclic) bond motifs is 1. The molecule has 2 aliphatic heterocycles. The normalized spacial score (nSPS) is 16.8. The Balaban J connectivity index is 1.24. The number of likely N-dealkylation sites (tertiary alicyclic amines) is 1. The molecule has 176 valence electrons. The van der Waals surface area contributed by atoms with E-state index in [1.807, 2.05) is 41.3 Å². The number of hydrogen-bond donors (Lipinski definition) is 3. The Kier molecular flexibility index (Phi) is 6.47. The van der Waals surface area contributed by atoms with Gasteiger partial charge in [0, 0.05) is 30.0 Å². The van der Waals surface area contributed by atoms with E-state index in [-0.39, 0.29) is 18.0 Å². The van der Waals surface area contributed by atoms with E-state index in [9.17, 15) is 9.59 Å². The van der Waals surface area contributed by atoms with Gasteiger partial charge in [-0.3, -0.25) is 4.79 Å². The van der Waals surface area contributed by atoms with E-state index in [0.717, 1.165) is 43.6 Å².